The fourth-order valence-electron chi connectivity index (χ4n) is 4.65. The molecule has 0 bridgehead atoms. The van der Waals surface area contributed by atoms with Crippen molar-refractivity contribution in [1.82, 2.24) is 0 Å². The molecule has 0 heterocycles. The lowest BCUT2D eigenvalue weighted by molar-refractivity contribution is -0.137. The first-order valence-electron chi connectivity index (χ1n) is 9.95. The van der Waals surface area contributed by atoms with E-state index in [9.17, 15) is 4.79 Å². The predicted molar refractivity (Wildman–Crippen MR) is 104 cm³/mol. The van der Waals surface area contributed by atoms with Gasteiger partial charge in [0.15, 0.2) is 0 Å². The Hall–Kier alpha value is -1.79. The molecule has 0 aromatic rings. The van der Waals surface area contributed by atoms with Crippen LogP contribution in [0.25, 0.3) is 0 Å². The summed E-state index contributed by atoms with van der Waals surface area (Å²) in [6.45, 7) is 2.48. The summed E-state index contributed by atoms with van der Waals surface area (Å²) in [6, 6.07) is 0. The van der Waals surface area contributed by atoms with Gasteiger partial charge >= 0.3 is 5.97 Å². The monoisotopic (exact) mass is 354 g/mol. The highest BCUT2D eigenvalue weighted by molar-refractivity contribution is 5.68. The number of carboxylic acids is 1. The van der Waals surface area contributed by atoms with Crippen molar-refractivity contribution in [2.24, 2.45) is 11.3 Å². The Bertz CT molecular complexity index is 665. The molecule has 3 nitrogen and oxygen atoms in total. The van der Waals surface area contributed by atoms with Crippen molar-refractivity contribution < 1.29 is 14.6 Å². The van der Waals surface area contributed by atoms with E-state index in [2.05, 4.69) is 30.1 Å². The average molecular weight is 354 g/mol. The number of rotatable bonds is 6. The molecule has 0 aliphatic heterocycles. The molecule has 1 unspecified atom stereocenters. The van der Waals surface area contributed by atoms with Crippen molar-refractivity contribution in [2.75, 3.05) is 6.61 Å². The minimum atomic E-state index is -0.810. The van der Waals surface area contributed by atoms with Crippen LogP contribution < -0.4 is 0 Å². The molecular formula is C23H30O3. The minimum Gasteiger partial charge on any atom is -0.481 e. The fourth-order valence-corrected chi connectivity index (χ4v) is 4.65. The number of carboxylic acid groups (broad SMARTS) is 1. The second kappa shape index (κ2) is 8.73. The van der Waals surface area contributed by atoms with Crippen LogP contribution in [0, 0.1) is 23.2 Å². The molecule has 0 radical (unpaired) electrons. The third-order valence-electron chi connectivity index (χ3n) is 5.95. The number of hydrogen-bond acceptors (Lipinski definition) is 2. The van der Waals surface area contributed by atoms with E-state index in [1.165, 1.54) is 50.5 Å². The lowest BCUT2D eigenvalue weighted by Gasteiger charge is -2.31. The summed E-state index contributed by atoms with van der Waals surface area (Å²) >= 11 is 0. The molecule has 3 aliphatic rings. The Morgan fingerprint density at radius 2 is 2.12 bits per heavy atom. The van der Waals surface area contributed by atoms with E-state index in [0.717, 1.165) is 18.6 Å². The zero-order valence-electron chi connectivity index (χ0n) is 15.8. The third-order valence-corrected chi connectivity index (χ3v) is 5.95. The van der Waals surface area contributed by atoms with Crippen LogP contribution in [0.3, 0.4) is 0 Å². The molecule has 140 valence electrons. The van der Waals surface area contributed by atoms with Crippen molar-refractivity contribution >= 4 is 5.97 Å². The predicted octanol–water partition coefficient (Wildman–Crippen LogP) is 5.04. The molecule has 0 saturated heterocycles. The molecule has 0 aromatic heterocycles. The summed E-state index contributed by atoms with van der Waals surface area (Å²) in [5, 5.41) is 9.06. The van der Waals surface area contributed by atoms with E-state index in [4.69, 9.17) is 9.84 Å². The first-order valence-corrected chi connectivity index (χ1v) is 9.95. The van der Waals surface area contributed by atoms with Gasteiger partial charge in [-0.2, -0.15) is 0 Å². The van der Waals surface area contributed by atoms with Crippen molar-refractivity contribution in [3.8, 4) is 11.8 Å². The van der Waals surface area contributed by atoms with Crippen molar-refractivity contribution in [2.45, 2.75) is 70.8 Å². The summed E-state index contributed by atoms with van der Waals surface area (Å²) in [5.41, 5.74) is 2.96. The van der Waals surface area contributed by atoms with Gasteiger partial charge in [0, 0.05) is 0 Å². The molecule has 3 rings (SSSR count). The maximum absolute atomic E-state index is 11.0. The molecule has 1 spiro atoms. The van der Waals surface area contributed by atoms with Gasteiger partial charge in [-0.15, -0.1) is 5.92 Å². The van der Waals surface area contributed by atoms with Crippen LogP contribution in [0.1, 0.15) is 64.7 Å². The van der Waals surface area contributed by atoms with Crippen LogP contribution in [0.15, 0.2) is 35.5 Å². The molecule has 1 fully saturated rings. The summed E-state index contributed by atoms with van der Waals surface area (Å²) in [7, 11) is 0. The van der Waals surface area contributed by atoms with Crippen LogP contribution in [-0.4, -0.2) is 23.8 Å². The summed E-state index contributed by atoms with van der Waals surface area (Å²) in [6.07, 6.45) is 18.9. The molecule has 0 aromatic carbocycles. The van der Waals surface area contributed by atoms with Crippen LogP contribution >= 0.6 is 0 Å². The summed E-state index contributed by atoms with van der Waals surface area (Å²) in [5.74, 6) is 4.82. The molecule has 3 heteroatoms. The van der Waals surface area contributed by atoms with Gasteiger partial charge in [-0.25, -0.2) is 0 Å². The van der Waals surface area contributed by atoms with Gasteiger partial charge in [-0.1, -0.05) is 43.1 Å². The van der Waals surface area contributed by atoms with Crippen LogP contribution in [0.4, 0.5) is 0 Å². The second-order valence-electron chi connectivity index (χ2n) is 7.92. The van der Waals surface area contributed by atoms with E-state index in [1.807, 2.05) is 6.08 Å². The zero-order chi connectivity index (χ0) is 18.4. The lowest BCUT2D eigenvalue weighted by atomic mass is 9.75. The van der Waals surface area contributed by atoms with E-state index >= 15 is 0 Å². The Kier molecular flexibility index (Phi) is 6.38. The van der Waals surface area contributed by atoms with E-state index in [0.29, 0.717) is 5.41 Å². The largest absolute Gasteiger partial charge is 0.481 e. The number of aliphatic carboxylic acids is 1. The summed E-state index contributed by atoms with van der Waals surface area (Å²) < 4.78 is 6.14. The van der Waals surface area contributed by atoms with E-state index < -0.39 is 5.97 Å². The highest BCUT2D eigenvalue weighted by Gasteiger charge is 2.33. The maximum atomic E-state index is 11.0. The topological polar surface area (TPSA) is 46.5 Å². The number of carbonyl (C=O) groups is 1. The van der Waals surface area contributed by atoms with Crippen molar-refractivity contribution in [3.63, 3.8) is 0 Å². The lowest BCUT2D eigenvalue weighted by Crippen LogP contribution is -2.21. The number of allylic oxidation sites excluding steroid dienone is 3. The van der Waals surface area contributed by atoms with Gasteiger partial charge in [0.2, 0.25) is 0 Å². The number of ether oxygens (including phenoxy) is 1. The Morgan fingerprint density at radius 1 is 1.35 bits per heavy atom. The SMILES string of the molecule is CC#C[C@@H](CC(=O)O)C1=CCC(OCC2=CC3(CCCC3)CCC2)C=C1. The van der Waals surface area contributed by atoms with Crippen molar-refractivity contribution in [3.05, 3.63) is 35.5 Å². The molecule has 2 atom stereocenters. The standard InChI is InChI=1S/C23H30O3/c1-2-6-20(15-22(24)25)19-8-10-21(11-9-19)26-17-18-7-5-14-23(16-18)12-3-4-13-23/h8-10,16,20-21H,3-5,7,11-15,17H2,1H3,(H,24,25)/t20-,21?/m0/s1. The normalized spacial score (nSPS) is 25.2. The van der Waals surface area contributed by atoms with Gasteiger partial charge in [0.25, 0.3) is 0 Å². The smallest absolute Gasteiger partial charge is 0.304 e. The van der Waals surface area contributed by atoms with Gasteiger partial charge in [0.05, 0.1) is 25.0 Å². The van der Waals surface area contributed by atoms with Gasteiger partial charge in [-0.05, 0) is 62.0 Å². The van der Waals surface area contributed by atoms with Crippen LogP contribution in [0.2, 0.25) is 0 Å². The molecule has 1 saturated carbocycles. The zero-order valence-corrected chi connectivity index (χ0v) is 15.8. The Morgan fingerprint density at radius 3 is 2.77 bits per heavy atom. The van der Waals surface area contributed by atoms with E-state index in [-0.39, 0.29) is 18.4 Å². The Balaban J connectivity index is 1.53. The summed E-state index contributed by atoms with van der Waals surface area (Å²) in [4.78, 5) is 11.0. The molecular weight excluding hydrogens is 324 g/mol. The first-order chi connectivity index (χ1) is 12.6. The quantitative estimate of drug-likeness (QED) is 0.537. The van der Waals surface area contributed by atoms with Crippen LogP contribution in [0.5, 0.6) is 0 Å². The van der Waals surface area contributed by atoms with Crippen LogP contribution in [-0.2, 0) is 9.53 Å². The minimum absolute atomic E-state index is 0.0531. The fraction of sp³-hybridized carbons (Fsp3) is 0.609. The van der Waals surface area contributed by atoms with Crippen molar-refractivity contribution in [1.29, 1.82) is 0 Å². The molecule has 1 N–H and O–H groups in total. The van der Waals surface area contributed by atoms with Gasteiger partial charge in [0.1, 0.15) is 0 Å². The van der Waals surface area contributed by atoms with E-state index in [1.54, 1.807) is 6.92 Å². The van der Waals surface area contributed by atoms with Gasteiger partial charge < -0.3 is 9.84 Å². The second-order valence-corrected chi connectivity index (χ2v) is 7.92. The third kappa shape index (κ3) is 4.89. The average Bonchev–Trinajstić information content (AvgIpc) is 3.07. The number of hydrogen-bond donors (Lipinski definition) is 1. The molecule has 0 amide bonds. The molecule has 26 heavy (non-hydrogen) atoms. The first kappa shape index (κ1) is 19.0. The highest BCUT2D eigenvalue weighted by Crippen LogP contribution is 2.47. The highest BCUT2D eigenvalue weighted by atomic mass is 16.5. The van der Waals surface area contributed by atoms with Gasteiger partial charge in [-0.3, -0.25) is 4.79 Å². The maximum Gasteiger partial charge on any atom is 0.304 e. The Labute approximate surface area is 157 Å². The molecule has 3 aliphatic carbocycles.